The SMILES string of the molecule is CC(=O)N(C)CC(C)C(N)=S. The van der Waals surface area contributed by atoms with Gasteiger partial charge in [-0.05, 0) is 0 Å². The van der Waals surface area contributed by atoms with Crippen LogP contribution in [0.15, 0.2) is 0 Å². The van der Waals surface area contributed by atoms with Crippen LogP contribution < -0.4 is 5.73 Å². The molecule has 0 rings (SSSR count). The molecule has 0 aliphatic rings. The monoisotopic (exact) mass is 174 g/mol. The quantitative estimate of drug-likeness (QED) is 0.629. The number of hydrogen-bond donors (Lipinski definition) is 1. The van der Waals surface area contributed by atoms with E-state index in [1.807, 2.05) is 6.92 Å². The van der Waals surface area contributed by atoms with E-state index < -0.39 is 0 Å². The molecule has 3 nitrogen and oxygen atoms in total. The summed E-state index contributed by atoms with van der Waals surface area (Å²) in [5.74, 6) is 0.131. The summed E-state index contributed by atoms with van der Waals surface area (Å²) >= 11 is 4.76. The van der Waals surface area contributed by atoms with Gasteiger partial charge in [0.05, 0.1) is 4.99 Å². The standard InChI is InChI=1S/C7H14N2OS/c1-5(7(8)11)4-9(3)6(2)10/h5H,4H2,1-3H3,(H2,8,11). The van der Waals surface area contributed by atoms with Gasteiger partial charge in [-0.2, -0.15) is 0 Å². The Morgan fingerprint density at radius 1 is 1.73 bits per heavy atom. The highest BCUT2D eigenvalue weighted by Crippen LogP contribution is 1.97. The second kappa shape index (κ2) is 4.28. The third-order valence-electron chi connectivity index (χ3n) is 1.57. The molecule has 0 aromatic heterocycles. The number of carbonyl (C=O) groups excluding carboxylic acids is 1. The molecule has 0 radical (unpaired) electrons. The third kappa shape index (κ3) is 3.93. The van der Waals surface area contributed by atoms with Crippen molar-refractivity contribution in [2.75, 3.05) is 13.6 Å². The molecule has 11 heavy (non-hydrogen) atoms. The van der Waals surface area contributed by atoms with Gasteiger partial charge in [-0.1, -0.05) is 19.1 Å². The molecule has 0 spiro atoms. The Morgan fingerprint density at radius 2 is 2.18 bits per heavy atom. The van der Waals surface area contributed by atoms with Crippen LogP contribution in [0, 0.1) is 5.92 Å². The van der Waals surface area contributed by atoms with Gasteiger partial charge in [-0.15, -0.1) is 0 Å². The Bertz CT molecular complexity index is 152. The van der Waals surface area contributed by atoms with E-state index in [2.05, 4.69) is 0 Å². The number of thiocarbonyl (C=S) groups is 1. The Morgan fingerprint density at radius 3 is 2.45 bits per heavy atom. The highest BCUT2D eigenvalue weighted by Gasteiger charge is 2.09. The molecule has 0 aliphatic heterocycles. The van der Waals surface area contributed by atoms with E-state index in [0.717, 1.165) is 0 Å². The summed E-state index contributed by atoms with van der Waals surface area (Å²) < 4.78 is 0. The second-order valence-corrected chi connectivity index (χ2v) is 3.17. The van der Waals surface area contributed by atoms with Crippen molar-refractivity contribution in [1.29, 1.82) is 0 Å². The predicted octanol–water partition coefficient (Wildman–Crippen LogP) is 0.387. The van der Waals surface area contributed by atoms with Crippen molar-refractivity contribution in [2.45, 2.75) is 13.8 Å². The first-order chi connectivity index (χ1) is 4.95. The van der Waals surface area contributed by atoms with E-state index in [0.29, 0.717) is 11.5 Å². The molecule has 0 saturated carbocycles. The van der Waals surface area contributed by atoms with E-state index in [1.165, 1.54) is 6.92 Å². The molecule has 1 amide bonds. The zero-order chi connectivity index (χ0) is 9.02. The van der Waals surface area contributed by atoms with Crippen molar-refractivity contribution >= 4 is 23.1 Å². The first kappa shape index (κ1) is 10.4. The van der Waals surface area contributed by atoms with Crippen molar-refractivity contribution in [3.8, 4) is 0 Å². The van der Waals surface area contributed by atoms with Gasteiger partial charge in [-0.3, -0.25) is 4.79 Å². The molecule has 0 saturated heterocycles. The van der Waals surface area contributed by atoms with E-state index in [1.54, 1.807) is 11.9 Å². The summed E-state index contributed by atoms with van der Waals surface area (Å²) in [5.41, 5.74) is 5.38. The van der Waals surface area contributed by atoms with Gasteiger partial charge in [0.25, 0.3) is 0 Å². The van der Waals surface area contributed by atoms with E-state index in [-0.39, 0.29) is 11.8 Å². The summed E-state index contributed by atoms with van der Waals surface area (Å²) in [6, 6.07) is 0. The molecule has 0 aromatic rings. The molecule has 0 heterocycles. The Kier molecular flexibility index (Phi) is 4.03. The van der Waals surface area contributed by atoms with Crippen LogP contribution in [0.4, 0.5) is 0 Å². The summed E-state index contributed by atoms with van der Waals surface area (Å²) in [6.45, 7) is 4.03. The van der Waals surface area contributed by atoms with Gasteiger partial charge >= 0.3 is 0 Å². The fraction of sp³-hybridized carbons (Fsp3) is 0.714. The van der Waals surface area contributed by atoms with Crippen LogP contribution in [0.5, 0.6) is 0 Å². The smallest absolute Gasteiger partial charge is 0.219 e. The number of carbonyl (C=O) groups is 1. The molecule has 0 fully saturated rings. The minimum Gasteiger partial charge on any atom is -0.393 e. The maximum Gasteiger partial charge on any atom is 0.219 e. The van der Waals surface area contributed by atoms with Crippen LogP contribution in [-0.2, 0) is 4.79 Å². The number of hydrogen-bond acceptors (Lipinski definition) is 2. The predicted molar refractivity (Wildman–Crippen MR) is 49.3 cm³/mol. The average molecular weight is 174 g/mol. The maximum atomic E-state index is 10.7. The fourth-order valence-corrected chi connectivity index (χ4v) is 0.704. The number of amides is 1. The normalized spacial score (nSPS) is 12.3. The van der Waals surface area contributed by atoms with Gasteiger partial charge in [-0.25, -0.2) is 0 Å². The maximum absolute atomic E-state index is 10.7. The van der Waals surface area contributed by atoms with Gasteiger partial charge in [0.15, 0.2) is 0 Å². The largest absolute Gasteiger partial charge is 0.393 e. The molecule has 0 aliphatic carbocycles. The molecule has 4 heteroatoms. The van der Waals surface area contributed by atoms with Crippen LogP contribution in [0.1, 0.15) is 13.8 Å². The van der Waals surface area contributed by atoms with Crippen molar-refractivity contribution in [3.63, 3.8) is 0 Å². The lowest BCUT2D eigenvalue weighted by Crippen LogP contribution is -2.34. The summed E-state index contributed by atoms with van der Waals surface area (Å²) in [7, 11) is 1.73. The lowest BCUT2D eigenvalue weighted by molar-refractivity contribution is -0.127. The summed E-state index contributed by atoms with van der Waals surface area (Å²) in [5, 5.41) is 0. The molecule has 0 aromatic carbocycles. The highest BCUT2D eigenvalue weighted by molar-refractivity contribution is 7.80. The Balaban J connectivity index is 3.84. The number of nitrogens with two attached hydrogens (primary N) is 1. The minimum absolute atomic E-state index is 0.0353. The van der Waals surface area contributed by atoms with E-state index >= 15 is 0 Å². The molecule has 1 unspecified atom stereocenters. The lowest BCUT2D eigenvalue weighted by atomic mass is 10.2. The average Bonchev–Trinajstić information content (AvgIpc) is 1.87. The Labute approximate surface area is 72.5 Å². The zero-order valence-corrected chi connectivity index (χ0v) is 7.94. The van der Waals surface area contributed by atoms with Crippen molar-refractivity contribution in [3.05, 3.63) is 0 Å². The number of rotatable bonds is 3. The van der Waals surface area contributed by atoms with Gasteiger partial charge in [0, 0.05) is 26.4 Å². The second-order valence-electron chi connectivity index (χ2n) is 2.70. The molecule has 64 valence electrons. The van der Waals surface area contributed by atoms with Crippen molar-refractivity contribution in [1.82, 2.24) is 4.90 Å². The van der Waals surface area contributed by atoms with Gasteiger partial charge < -0.3 is 10.6 Å². The van der Waals surface area contributed by atoms with Gasteiger partial charge in [0.1, 0.15) is 0 Å². The highest BCUT2D eigenvalue weighted by atomic mass is 32.1. The third-order valence-corrected chi connectivity index (χ3v) is 1.97. The molecular formula is C7H14N2OS. The zero-order valence-electron chi connectivity index (χ0n) is 7.13. The first-order valence-electron chi connectivity index (χ1n) is 3.46. The lowest BCUT2D eigenvalue weighted by Gasteiger charge is -2.18. The fourth-order valence-electron chi connectivity index (χ4n) is 0.629. The van der Waals surface area contributed by atoms with Crippen LogP contribution in [0.3, 0.4) is 0 Å². The summed E-state index contributed by atoms with van der Waals surface area (Å²) in [6.07, 6.45) is 0. The van der Waals surface area contributed by atoms with Crippen LogP contribution in [-0.4, -0.2) is 29.4 Å². The molecule has 2 N–H and O–H groups in total. The van der Waals surface area contributed by atoms with Gasteiger partial charge in [0.2, 0.25) is 5.91 Å². The van der Waals surface area contributed by atoms with E-state index in [4.69, 9.17) is 18.0 Å². The topological polar surface area (TPSA) is 46.3 Å². The molecule has 0 bridgehead atoms. The van der Waals surface area contributed by atoms with Crippen molar-refractivity contribution in [2.24, 2.45) is 11.7 Å². The number of nitrogens with zero attached hydrogens (tertiary/aromatic N) is 1. The Hall–Kier alpha value is -0.640. The summed E-state index contributed by atoms with van der Waals surface area (Å²) in [4.78, 5) is 12.8. The van der Waals surface area contributed by atoms with Crippen LogP contribution in [0.2, 0.25) is 0 Å². The molecule has 1 atom stereocenters. The van der Waals surface area contributed by atoms with Crippen molar-refractivity contribution < 1.29 is 4.79 Å². The van der Waals surface area contributed by atoms with E-state index in [9.17, 15) is 4.79 Å². The minimum atomic E-state index is 0.0353. The first-order valence-corrected chi connectivity index (χ1v) is 3.87. The van der Waals surface area contributed by atoms with Crippen LogP contribution in [0.25, 0.3) is 0 Å². The molecular weight excluding hydrogens is 160 g/mol. The van der Waals surface area contributed by atoms with Crippen LogP contribution >= 0.6 is 12.2 Å².